The van der Waals surface area contributed by atoms with E-state index in [0.717, 1.165) is 54.3 Å². The molecule has 1 aliphatic heterocycles. The maximum absolute atomic E-state index is 13.5. The average Bonchev–Trinajstić information content (AvgIpc) is 3.18. The molecule has 164 valence electrons. The fraction of sp³-hybridized carbons (Fsp3) is 0.435. The van der Waals surface area contributed by atoms with Gasteiger partial charge in [0.2, 0.25) is 0 Å². The molecule has 8 nitrogen and oxygen atoms in total. The van der Waals surface area contributed by atoms with Crippen LogP contribution in [0.5, 0.6) is 0 Å². The third kappa shape index (κ3) is 3.60. The van der Waals surface area contributed by atoms with Gasteiger partial charge in [-0.1, -0.05) is 6.07 Å². The summed E-state index contributed by atoms with van der Waals surface area (Å²) in [7, 11) is 0. The number of hydrogen-bond acceptors (Lipinski definition) is 6. The Hall–Kier alpha value is -3.07. The van der Waals surface area contributed by atoms with E-state index >= 15 is 0 Å². The van der Waals surface area contributed by atoms with Gasteiger partial charge in [-0.05, 0) is 50.1 Å². The molecular weight excluding hydrogens is 422 g/mol. The molecule has 1 aliphatic carbocycles. The van der Waals surface area contributed by atoms with E-state index in [-0.39, 0.29) is 5.91 Å². The van der Waals surface area contributed by atoms with Crippen LogP contribution in [0.15, 0.2) is 29.8 Å². The van der Waals surface area contributed by atoms with E-state index in [1.165, 1.54) is 17.7 Å². The molecule has 2 fully saturated rings. The van der Waals surface area contributed by atoms with Gasteiger partial charge in [0, 0.05) is 35.5 Å². The highest BCUT2D eigenvalue weighted by Gasteiger charge is 2.31. The van der Waals surface area contributed by atoms with Crippen LogP contribution in [0, 0.1) is 6.92 Å². The predicted molar refractivity (Wildman–Crippen MR) is 122 cm³/mol. The van der Waals surface area contributed by atoms with Crippen LogP contribution in [-0.4, -0.2) is 53.8 Å². The number of amides is 1. The number of likely N-dealkylation sites (tertiary alicyclic amines) is 1. The summed E-state index contributed by atoms with van der Waals surface area (Å²) in [4.78, 5) is 26.0. The number of rotatable bonds is 5. The number of carbonyl (C=O) groups excluding carboxylic acids is 1. The van der Waals surface area contributed by atoms with Crippen LogP contribution in [0.2, 0.25) is 0 Å². The molecule has 32 heavy (non-hydrogen) atoms. The predicted octanol–water partition coefficient (Wildman–Crippen LogP) is 3.86. The van der Waals surface area contributed by atoms with Gasteiger partial charge >= 0.3 is 0 Å². The van der Waals surface area contributed by atoms with Crippen molar-refractivity contribution in [2.75, 3.05) is 13.1 Å². The number of H-pyrrole nitrogens is 1. The minimum Gasteiger partial charge on any atom is -0.339 e. The van der Waals surface area contributed by atoms with Gasteiger partial charge in [0.25, 0.3) is 5.91 Å². The number of carbonyl (C=O) groups is 1. The molecule has 5 heterocycles. The zero-order chi connectivity index (χ0) is 21.7. The van der Waals surface area contributed by atoms with Crippen molar-refractivity contribution in [3.8, 4) is 0 Å². The van der Waals surface area contributed by atoms with Gasteiger partial charge in [-0.3, -0.25) is 9.89 Å². The van der Waals surface area contributed by atoms with E-state index in [9.17, 15) is 4.79 Å². The van der Waals surface area contributed by atoms with Gasteiger partial charge in [-0.15, -0.1) is 11.3 Å². The highest BCUT2D eigenvalue weighted by atomic mass is 32.1. The van der Waals surface area contributed by atoms with Crippen LogP contribution < -0.4 is 0 Å². The lowest BCUT2D eigenvalue weighted by Gasteiger charge is -2.31. The largest absolute Gasteiger partial charge is 0.339 e. The Morgan fingerprint density at radius 2 is 2.03 bits per heavy atom. The highest BCUT2D eigenvalue weighted by Crippen LogP contribution is 2.38. The third-order valence-electron chi connectivity index (χ3n) is 6.48. The molecule has 4 aromatic heterocycles. The average molecular weight is 448 g/mol. The Labute approximate surface area is 189 Å². The van der Waals surface area contributed by atoms with E-state index in [1.54, 1.807) is 17.5 Å². The number of aromatic amines is 1. The highest BCUT2D eigenvalue weighted by molar-refractivity contribution is 7.09. The monoisotopic (exact) mass is 447 g/mol. The van der Waals surface area contributed by atoms with E-state index < -0.39 is 0 Å². The number of piperidine rings is 1. The summed E-state index contributed by atoms with van der Waals surface area (Å²) < 4.78 is 1.89. The van der Waals surface area contributed by atoms with Gasteiger partial charge in [0.1, 0.15) is 5.82 Å². The third-order valence-corrected chi connectivity index (χ3v) is 7.35. The van der Waals surface area contributed by atoms with Crippen molar-refractivity contribution in [2.45, 2.75) is 51.0 Å². The Kier molecular flexibility index (Phi) is 4.78. The first-order valence-electron chi connectivity index (χ1n) is 11.2. The topological polar surface area (TPSA) is 92.6 Å². The normalized spacial score (nSPS) is 17.3. The van der Waals surface area contributed by atoms with Crippen LogP contribution in [0.4, 0.5) is 0 Å². The van der Waals surface area contributed by atoms with Crippen molar-refractivity contribution in [1.82, 2.24) is 34.8 Å². The lowest BCUT2D eigenvalue weighted by Crippen LogP contribution is -2.38. The maximum Gasteiger partial charge on any atom is 0.254 e. The Morgan fingerprint density at radius 1 is 1.19 bits per heavy atom. The molecule has 0 aromatic carbocycles. The summed E-state index contributed by atoms with van der Waals surface area (Å²) in [6.07, 6.45) is 5.98. The second-order valence-electron chi connectivity index (χ2n) is 8.85. The minimum absolute atomic E-state index is 0.0610. The first-order chi connectivity index (χ1) is 15.7. The van der Waals surface area contributed by atoms with Gasteiger partial charge < -0.3 is 4.90 Å². The van der Waals surface area contributed by atoms with Crippen molar-refractivity contribution in [3.05, 3.63) is 57.6 Å². The fourth-order valence-electron chi connectivity index (χ4n) is 4.54. The molecule has 0 spiro atoms. The molecule has 2 aliphatic rings. The second-order valence-corrected chi connectivity index (χ2v) is 9.88. The standard InChI is InChI=1S/C23H25N7OS/c1-14-11-18(19-12-24-30(22(19)25-14)13-17-3-2-10-32-17)23(31)29-8-6-16(7-9-29)21-26-20(27-28-21)15-4-5-15/h2-3,10-12,15-16H,4-9,13H2,1H3,(H,26,27,28). The summed E-state index contributed by atoms with van der Waals surface area (Å²) in [5, 5.41) is 15.0. The number of nitrogens with zero attached hydrogens (tertiary/aromatic N) is 6. The van der Waals surface area contributed by atoms with E-state index in [0.29, 0.717) is 23.9 Å². The van der Waals surface area contributed by atoms with Gasteiger partial charge in [0.05, 0.1) is 23.7 Å². The van der Waals surface area contributed by atoms with Gasteiger partial charge in [0.15, 0.2) is 11.5 Å². The molecule has 0 unspecified atom stereocenters. The SMILES string of the molecule is Cc1cc(C(=O)N2CCC(c3nc(C4CC4)n[nH]3)CC2)c2cnn(Cc3cccs3)c2n1. The van der Waals surface area contributed by atoms with Crippen LogP contribution >= 0.6 is 11.3 Å². The Balaban J connectivity index is 1.20. The fourth-order valence-corrected chi connectivity index (χ4v) is 5.22. The first-order valence-corrected chi connectivity index (χ1v) is 12.1. The minimum atomic E-state index is 0.0610. The summed E-state index contributed by atoms with van der Waals surface area (Å²) in [6.45, 7) is 4.04. The van der Waals surface area contributed by atoms with Crippen molar-refractivity contribution in [1.29, 1.82) is 0 Å². The number of thiophene rings is 1. The Morgan fingerprint density at radius 3 is 2.78 bits per heavy atom. The van der Waals surface area contributed by atoms with Crippen LogP contribution in [-0.2, 0) is 6.54 Å². The van der Waals surface area contributed by atoms with Crippen LogP contribution in [0.1, 0.15) is 70.1 Å². The molecule has 0 bridgehead atoms. The molecule has 1 saturated heterocycles. The zero-order valence-electron chi connectivity index (χ0n) is 18.0. The molecule has 0 atom stereocenters. The molecule has 9 heteroatoms. The second kappa shape index (κ2) is 7.81. The molecule has 1 amide bonds. The van der Waals surface area contributed by atoms with Crippen molar-refractivity contribution < 1.29 is 4.79 Å². The molecule has 6 rings (SSSR count). The Bertz CT molecular complexity index is 1260. The zero-order valence-corrected chi connectivity index (χ0v) is 18.8. The number of pyridine rings is 1. The van der Waals surface area contributed by atoms with Crippen LogP contribution in [0.3, 0.4) is 0 Å². The smallest absolute Gasteiger partial charge is 0.254 e. The number of aromatic nitrogens is 6. The lowest BCUT2D eigenvalue weighted by molar-refractivity contribution is 0.0713. The summed E-state index contributed by atoms with van der Waals surface area (Å²) >= 11 is 1.70. The number of aryl methyl sites for hydroxylation is 1. The molecule has 1 saturated carbocycles. The summed E-state index contributed by atoms with van der Waals surface area (Å²) in [5.41, 5.74) is 2.29. The van der Waals surface area contributed by atoms with E-state index in [4.69, 9.17) is 9.97 Å². The number of fused-ring (bicyclic) bond motifs is 1. The summed E-state index contributed by atoms with van der Waals surface area (Å²) in [6, 6.07) is 6.02. The van der Waals surface area contributed by atoms with Gasteiger partial charge in [-0.2, -0.15) is 10.2 Å². The molecular formula is C23H25N7OS. The van der Waals surface area contributed by atoms with E-state index in [2.05, 4.69) is 26.7 Å². The number of hydrogen-bond donors (Lipinski definition) is 1. The molecule has 4 aromatic rings. The molecule has 0 radical (unpaired) electrons. The van der Waals surface area contributed by atoms with E-state index in [1.807, 2.05) is 28.6 Å². The maximum atomic E-state index is 13.5. The molecule has 1 N–H and O–H groups in total. The van der Waals surface area contributed by atoms with Crippen molar-refractivity contribution >= 4 is 28.3 Å². The first kappa shape index (κ1) is 19.6. The van der Waals surface area contributed by atoms with Crippen LogP contribution in [0.25, 0.3) is 11.0 Å². The quantitative estimate of drug-likeness (QED) is 0.501. The summed E-state index contributed by atoms with van der Waals surface area (Å²) in [5.74, 6) is 2.90. The van der Waals surface area contributed by atoms with Crippen molar-refractivity contribution in [3.63, 3.8) is 0 Å². The lowest BCUT2D eigenvalue weighted by atomic mass is 9.95. The van der Waals surface area contributed by atoms with Gasteiger partial charge in [-0.25, -0.2) is 14.6 Å². The van der Waals surface area contributed by atoms with Crippen molar-refractivity contribution in [2.24, 2.45) is 0 Å². The number of nitrogens with one attached hydrogen (secondary N) is 1.